The quantitative estimate of drug-likeness (QED) is 0.237. The summed E-state index contributed by atoms with van der Waals surface area (Å²) >= 11 is 4.11. The van der Waals surface area contributed by atoms with E-state index < -0.39 is 47.9 Å². The Morgan fingerprint density at radius 2 is 1.18 bits per heavy atom. The van der Waals surface area contributed by atoms with Crippen LogP contribution in [0.25, 0.3) is 0 Å². The highest BCUT2D eigenvalue weighted by molar-refractivity contribution is 7.80. The lowest BCUT2D eigenvalue weighted by molar-refractivity contribution is -0.142. The van der Waals surface area contributed by atoms with E-state index in [9.17, 15) is 24.3 Å². The molecule has 34 heavy (non-hydrogen) atoms. The molecule has 6 N–H and O–H groups in total. The smallest absolute Gasteiger partial charge is 0.326 e. The van der Waals surface area contributed by atoms with E-state index in [1.807, 2.05) is 12.1 Å². The Labute approximate surface area is 203 Å². The van der Waals surface area contributed by atoms with Gasteiger partial charge in [-0.1, -0.05) is 60.7 Å². The van der Waals surface area contributed by atoms with E-state index in [-0.39, 0.29) is 18.6 Å². The van der Waals surface area contributed by atoms with Crippen LogP contribution in [0.3, 0.4) is 0 Å². The monoisotopic (exact) mass is 486 g/mol. The first kappa shape index (κ1) is 26.9. The molecule has 2 aromatic carbocycles. The molecule has 10 heteroatoms. The molecule has 0 aromatic heterocycles. The van der Waals surface area contributed by atoms with Crippen molar-refractivity contribution in [2.45, 2.75) is 43.9 Å². The van der Waals surface area contributed by atoms with Crippen LogP contribution in [0.5, 0.6) is 0 Å². The van der Waals surface area contributed by atoms with Gasteiger partial charge in [-0.05, 0) is 18.1 Å². The second-order valence-corrected chi connectivity index (χ2v) is 8.24. The maximum Gasteiger partial charge on any atom is 0.326 e. The fourth-order valence-electron chi connectivity index (χ4n) is 3.15. The van der Waals surface area contributed by atoms with Crippen LogP contribution in [0.15, 0.2) is 60.7 Å². The number of carboxylic acid groups (broad SMARTS) is 1. The molecule has 0 spiro atoms. The number of rotatable bonds is 12. The van der Waals surface area contributed by atoms with Gasteiger partial charge in [0.2, 0.25) is 17.7 Å². The van der Waals surface area contributed by atoms with Crippen molar-refractivity contribution in [3.05, 3.63) is 71.8 Å². The number of aliphatic carboxylic acids is 1. The van der Waals surface area contributed by atoms with Gasteiger partial charge in [-0.15, -0.1) is 0 Å². The molecule has 2 aromatic rings. The van der Waals surface area contributed by atoms with E-state index in [1.54, 1.807) is 48.5 Å². The van der Waals surface area contributed by atoms with E-state index in [0.29, 0.717) is 0 Å². The highest BCUT2D eigenvalue weighted by Crippen LogP contribution is 2.07. The summed E-state index contributed by atoms with van der Waals surface area (Å²) in [5.41, 5.74) is 7.06. The first-order chi connectivity index (χ1) is 16.2. The summed E-state index contributed by atoms with van der Waals surface area (Å²) in [6.45, 7) is 1.48. The van der Waals surface area contributed by atoms with Crippen molar-refractivity contribution in [2.24, 2.45) is 5.73 Å². The first-order valence-electron chi connectivity index (χ1n) is 10.8. The third kappa shape index (κ3) is 8.53. The number of nitrogens with one attached hydrogen (secondary N) is 3. The zero-order chi connectivity index (χ0) is 25.1. The van der Waals surface area contributed by atoms with Crippen molar-refractivity contribution < 1.29 is 24.3 Å². The summed E-state index contributed by atoms with van der Waals surface area (Å²) in [6.07, 6.45) is 0.203. The summed E-state index contributed by atoms with van der Waals surface area (Å²) < 4.78 is 0. The maximum atomic E-state index is 13.1. The summed E-state index contributed by atoms with van der Waals surface area (Å²) in [7, 11) is 0. The molecule has 0 fully saturated rings. The predicted octanol–water partition coefficient (Wildman–Crippen LogP) is 0.288. The van der Waals surface area contributed by atoms with Gasteiger partial charge in [-0.3, -0.25) is 14.4 Å². The zero-order valence-electron chi connectivity index (χ0n) is 18.8. The summed E-state index contributed by atoms with van der Waals surface area (Å²) in [6, 6.07) is 13.8. The van der Waals surface area contributed by atoms with Gasteiger partial charge in [-0.25, -0.2) is 4.79 Å². The number of hydrogen-bond donors (Lipinski definition) is 6. The minimum absolute atomic E-state index is 0.0181. The molecule has 0 saturated carbocycles. The molecule has 0 aliphatic rings. The number of nitrogens with two attached hydrogens (primary N) is 1. The number of carboxylic acids is 1. The van der Waals surface area contributed by atoms with Gasteiger partial charge in [0.1, 0.15) is 18.1 Å². The number of carbonyl (C=O) groups is 4. The standard InChI is InChI=1S/C24H30N4O5S/c1-15(25)21(29)28-20(14-34)23(31)26-18(12-16-8-4-2-5-9-16)22(30)27-19(24(32)33)13-17-10-6-3-7-11-17/h2-11,15,18-20,34H,12-14,25H2,1H3,(H,26,31)(H,27,30)(H,28,29)(H,32,33). The SMILES string of the molecule is CC(N)C(=O)NC(CS)C(=O)NC(Cc1ccccc1)C(=O)NC(Cc1ccccc1)C(=O)O. The molecule has 0 aliphatic heterocycles. The van der Waals surface area contributed by atoms with Crippen LogP contribution in [0.4, 0.5) is 0 Å². The first-order valence-corrected chi connectivity index (χ1v) is 11.4. The van der Waals surface area contributed by atoms with Gasteiger partial charge in [-0.2, -0.15) is 12.6 Å². The van der Waals surface area contributed by atoms with E-state index in [2.05, 4.69) is 28.6 Å². The molecule has 0 heterocycles. The van der Waals surface area contributed by atoms with E-state index in [4.69, 9.17) is 5.73 Å². The van der Waals surface area contributed by atoms with Crippen LogP contribution in [0.1, 0.15) is 18.1 Å². The van der Waals surface area contributed by atoms with Gasteiger partial charge >= 0.3 is 5.97 Å². The minimum atomic E-state index is -1.19. The Balaban J connectivity index is 2.19. The number of carbonyl (C=O) groups excluding carboxylic acids is 3. The van der Waals surface area contributed by atoms with Gasteiger partial charge in [0.15, 0.2) is 0 Å². The van der Waals surface area contributed by atoms with Crippen LogP contribution in [0.2, 0.25) is 0 Å². The third-order valence-corrected chi connectivity index (χ3v) is 5.41. The average Bonchev–Trinajstić information content (AvgIpc) is 2.82. The maximum absolute atomic E-state index is 13.1. The predicted molar refractivity (Wildman–Crippen MR) is 131 cm³/mol. The molecular weight excluding hydrogens is 456 g/mol. The fourth-order valence-corrected chi connectivity index (χ4v) is 3.41. The second kappa shape index (κ2) is 13.4. The minimum Gasteiger partial charge on any atom is -0.480 e. The zero-order valence-corrected chi connectivity index (χ0v) is 19.7. The van der Waals surface area contributed by atoms with Crippen molar-refractivity contribution in [1.29, 1.82) is 0 Å². The lowest BCUT2D eigenvalue weighted by Crippen LogP contribution is -2.58. The van der Waals surface area contributed by atoms with Gasteiger partial charge in [0, 0.05) is 18.6 Å². The number of benzene rings is 2. The van der Waals surface area contributed by atoms with Crippen LogP contribution >= 0.6 is 12.6 Å². The van der Waals surface area contributed by atoms with Crippen molar-refractivity contribution in [1.82, 2.24) is 16.0 Å². The molecule has 0 aliphatic carbocycles. The molecule has 182 valence electrons. The number of hydrogen-bond acceptors (Lipinski definition) is 6. The average molecular weight is 487 g/mol. The van der Waals surface area contributed by atoms with Crippen LogP contribution < -0.4 is 21.7 Å². The Hall–Kier alpha value is -3.37. The van der Waals surface area contributed by atoms with E-state index >= 15 is 0 Å². The number of amides is 3. The number of thiol groups is 1. The Kier molecular flexibility index (Phi) is 10.6. The van der Waals surface area contributed by atoms with E-state index in [1.165, 1.54) is 6.92 Å². The molecule has 0 radical (unpaired) electrons. The topological polar surface area (TPSA) is 151 Å². The van der Waals surface area contributed by atoms with E-state index in [0.717, 1.165) is 11.1 Å². The summed E-state index contributed by atoms with van der Waals surface area (Å²) in [5, 5.41) is 17.3. The largest absolute Gasteiger partial charge is 0.480 e. The highest BCUT2D eigenvalue weighted by Gasteiger charge is 2.29. The Morgan fingerprint density at radius 3 is 1.62 bits per heavy atom. The Morgan fingerprint density at radius 1 is 0.765 bits per heavy atom. The molecule has 9 nitrogen and oxygen atoms in total. The normalized spacial score (nSPS) is 14.2. The van der Waals surface area contributed by atoms with Crippen molar-refractivity contribution in [2.75, 3.05) is 5.75 Å². The van der Waals surface area contributed by atoms with Gasteiger partial charge in [0.05, 0.1) is 6.04 Å². The van der Waals surface area contributed by atoms with Crippen molar-refractivity contribution >= 4 is 36.3 Å². The molecule has 0 bridgehead atoms. The molecule has 2 rings (SSSR count). The van der Waals surface area contributed by atoms with Crippen molar-refractivity contribution in [3.8, 4) is 0 Å². The van der Waals surface area contributed by atoms with Crippen LogP contribution in [-0.2, 0) is 32.0 Å². The fraction of sp³-hybridized carbons (Fsp3) is 0.333. The van der Waals surface area contributed by atoms with Crippen LogP contribution in [-0.4, -0.2) is 58.7 Å². The highest BCUT2D eigenvalue weighted by atomic mass is 32.1. The molecule has 3 amide bonds. The summed E-state index contributed by atoms with van der Waals surface area (Å²) in [4.78, 5) is 49.7. The lowest BCUT2D eigenvalue weighted by Gasteiger charge is -2.24. The molecular formula is C24H30N4O5S. The van der Waals surface area contributed by atoms with Crippen molar-refractivity contribution in [3.63, 3.8) is 0 Å². The van der Waals surface area contributed by atoms with Gasteiger partial charge in [0.25, 0.3) is 0 Å². The third-order valence-electron chi connectivity index (χ3n) is 5.04. The second-order valence-electron chi connectivity index (χ2n) is 7.87. The lowest BCUT2D eigenvalue weighted by atomic mass is 10.0. The van der Waals surface area contributed by atoms with Crippen LogP contribution in [0, 0.1) is 0 Å². The van der Waals surface area contributed by atoms with Gasteiger partial charge < -0.3 is 26.8 Å². The Bertz CT molecular complexity index is 972. The summed E-state index contributed by atoms with van der Waals surface area (Å²) in [5.74, 6) is -3.03. The molecule has 0 saturated heterocycles. The molecule has 4 unspecified atom stereocenters. The molecule has 4 atom stereocenters.